The van der Waals surface area contributed by atoms with Crippen LogP contribution in [0.3, 0.4) is 0 Å². The van der Waals surface area contributed by atoms with Gasteiger partial charge in [0.1, 0.15) is 5.75 Å². The smallest absolute Gasteiger partial charge is 0.407 e. The molecule has 13 heteroatoms. The van der Waals surface area contributed by atoms with Crippen molar-refractivity contribution in [3.05, 3.63) is 87.4 Å². The predicted octanol–water partition coefficient (Wildman–Crippen LogP) is 7.78. The monoisotopic (exact) mass is 799 g/mol. The molecule has 294 valence electrons. The third kappa shape index (κ3) is 8.45. The number of carbonyl (C=O) groups is 3. The van der Waals surface area contributed by atoms with Gasteiger partial charge in [-0.1, -0.05) is 65.7 Å². The number of nitrogens with zero attached hydrogens (tertiary/aromatic N) is 4. The van der Waals surface area contributed by atoms with Crippen LogP contribution in [0.25, 0.3) is 33.5 Å². The van der Waals surface area contributed by atoms with Crippen LogP contribution in [0.1, 0.15) is 49.3 Å². The van der Waals surface area contributed by atoms with Crippen molar-refractivity contribution in [3.8, 4) is 45.1 Å². The molecule has 7 rings (SSSR count). The highest BCUT2D eigenvalue weighted by molar-refractivity contribution is 6.39. The maximum absolute atomic E-state index is 12.1. The molecule has 3 aliphatic heterocycles. The number of amides is 3. The van der Waals surface area contributed by atoms with Gasteiger partial charge >= 0.3 is 6.09 Å². The summed E-state index contributed by atoms with van der Waals surface area (Å²) in [7, 11) is 3.21. The highest BCUT2D eigenvalue weighted by Crippen LogP contribution is 2.44. The number of halogens is 2. The Balaban J connectivity index is 1.11. The molecule has 3 amide bonds. The van der Waals surface area contributed by atoms with E-state index >= 15 is 0 Å². The Labute approximate surface area is 337 Å². The molecule has 0 unspecified atom stereocenters. The highest BCUT2D eigenvalue weighted by atomic mass is 35.5. The summed E-state index contributed by atoms with van der Waals surface area (Å²) < 4.78 is 11.6. The van der Waals surface area contributed by atoms with Crippen molar-refractivity contribution in [2.45, 2.75) is 58.2 Å². The van der Waals surface area contributed by atoms with E-state index in [1.54, 1.807) is 26.2 Å². The maximum Gasteiger partial charge on any atom is 0.407 e. The van der Waals surface area contributed by atoms with Crippen LogP contribution in [0.5, 0.6) is 11.6 Å². The van der Waals surface area contributed by atoms with Crippen LogP contribution in [0, 0.1) is 5.92 Å². The molecule has 0 aliphatic carbocycles. The molecule has 4 heterocycles. The first-order valence-corrected chi connectivity index (χ1v) is 19.9. The summed E-state index contributed by atoms with van der Waals surface area (Å²) in [4.78, 5) is 46.1. The molecule has 0 saturated carbocycles. The van der Waals surface area contributed by atoms with E-state index in [-0.39, 0.29) is 36.8 Å². The number of rotatable bonds is 11. The number of nitrogens with one attached hydrogen (secondary N) is 1. The van der Waals surface area contributed by atoms with Gasteiger partial charge in [-0.3, -0.25) is 14.5 Å². The number of methoxy groups -OCH3 is 2. The average Bonchev–Trinajstić information content (AvgIpc) is 3.62. The molecule has 2 fully saturated rings. The summed E-state index contributed by atoms with van der Waals surface area (Å²) in [6.45, 7) is 6.34. The molecule has 0 radical (unpaired) electrons. The second-order valence-corrected chi connectivity index (χ2v) is 15.7. The zero-order valence-electron chi connectivity index (χ0n) is 31.9. The Morgan fingerprint density at radius 2 is 1.61 bits per heavy atom. The number of piperidine rings is 1. The minimum Gasteiger partial charge on any atom is -0.496 e. The highest BCUT2D eigenvalue weighted by Gasteiger charge is 2.28. The van der Waals surface area contributed by atoms with Crippen LogP contribution in [0.15, 0.2) is 60.7 Å². The van der Waals surface area contributed by atoms with Gasteiger partial charge < -0.3 is 29.7 Å². The number of hydrogen-bond donors (Lipinski definition) is 2. The van der Waals surface area contributed by atoms with Gasteiger partial charge in [-0.15, -0.1) is 0 Å². The van der Waals surface area contributed by atoms with Gasteiger partial charge in [-0.2, -0.15) is 0 Å². The number of aromatic nitrogens is 1. The van der Waals surface area contributed by atoms with Crippen molar-refractivity contribution in [2.24, 2.45) is 5.92 Å². The lowest BCUT2D eigenvalue weighted by Crippen LogP contribution is -2.41. The van der Waals surface area contributed by atoms with Crippen molar-refractivity contribution < 1.29 is 29.0 Å². The first-order chi connectivity index (χ1) is 27.0. The van der Waals surface area contributed by atoms with Crippen LogP contribution in [-0.2, 0) is 29.1 Å². The molecular weight excluding hydrogens is 753 g/mol. The van der Waals surface area contributed by atoms with E-state index in [1.165, 1.54) is 23.1 Å². The Kier molecular flexibility index (Phi) is 12.0. The minimum absolute atomic E-state index is 0.0443. The van der Waals surface area contributed by atoms with Gasteiger partial charge in [0.15, 0.2) is 0 Å². The van der Waals surface area contributed by atoms with Crippen molar-refractivity contribution in [1.29, 1.82) is 0 Å². The topological polar surface area (TPSA) is 125 Å². The van der Waals surface area contributed by atoms with Gasteiger partial charge in [-0.05, 0) is 60.9 Å². The molecule has 3 aromatic carbocycles. The lowest BCUT2D eigenvalue weighted by molar-refractivity contribution is -0.130. The summed E-state index contributed by atoms with van der Waals surface area (Å²) in [6, 6.07) is 19.3. The van der Waals surface area contributed by atoms with Gasteiger partial charge in [0.05, 0.1) is 36.5 Å². The minimum atomic E-state index is -1.09. The molecule has 3 aliphatic rings. The van der Waals surface area contributed by atoms with Crippen molar-refractivity contribution >= 4 is 41.1 Å². The Bertz CT molecular complexity index is 2120. The van der Waals surface area contributed by atoms with Gasteiger partial charge in [-0.25, -0.2) is 9.78 Å². The number of ether oxygens (including phenoxy) is 2. The molecule has 1 aromatic heterocycles. The third-order valence-corrected chi connectivity index (χ3v) is 12.2. The summed E-state index contributed by atoms with van der Waals surface area (Å²) in [6.07, 6.45) is 2.86. The van der Waals surface area contributed by atoms with Gasteiger partial charge in [0, 0.05) is 92.0 Å². The van der Waals surface area contributed by atoms with Crippen molar-refractivity contribution in [1.82, 2.24) is 25.0 Å². The van der Waals surface area contributed by atoms with E-state index in [0.29, 0.717) is 45.6 Å². The molecule has 1 atom stereocenters. The fourth-order valence-electron chi connectivity index (χ4n) is 8.29. The van der Waals surface area contributed by atoms with Crippen LogP contribution in [0.4, 0.5) is 4.79 Å². The van der Waals surface area contributed by atoms with E-state index in [1.807, 2.05) is 41.3 Å². The van der Waals surface area contributed by atoms with Gasteiger partial charge in [0.25, 0.3) is 0 Å². The molecule has 2 N–H and O–H groups in total. The Hall–Kier alpha value is -4.84. The van der Waals surface area contributed by atoms with E-state index in [9.17, 15) is 19.5 Å². The van der Waals surface area contributed by atoms with Gasteiger partial charge in [0.2, 0.25) is 17.7 Å². The third-order valence-electron chi connectivity index (χ3n) is 11.3. The number of hydrogen-bond acceptors (Lipinski definition) is 7. The van der Waals surface area contributed by atoms with E-state index in [0.717, 1.165) is 80.0 Å². The normalized spacial score (nSPS) is 17.3. The molecule has 2 saturated heterocycles. The SMILES string of the molecule is COc1cc(-c2cccc(-c3cccc(-c4ccc(CN(C[C@@H]5CCC(=O)N5)C(=O)O)c(OC)n4)c3Cl)c2Cl)cc2c1CN(CC1CCN(C(C)=O)CC1)CC2. The number of carbonyl (C=O) groups excluding carboxylic acids is 2. The summed E-state index contributed by atoms with van der Waals surface area (Å²) >= 11 is 14.4. The molecule has 56 heavy (non-hydrogen) atoms. The Morgan fingerprint density at radius 3 is 2.25 bits per heavy atom. The zero-order valence-corrected chi connectivity index (χ0v) is 33.5. The Morgan fingerprint density at radius 1 is 0.911 bits per heavy atom. The molecule has 0 spiro atoms. The van der Waals surface area contributed by atoms with Crippen LogP contribution in [-0.4, -0.2) is 95.7 Å². The molecule has 0 bridgehead atoms. The summed E-state index contributed by atoms with van der Waals surface area (Å²) in [5.41, 5.74) is 7.63. The van der Waals surface area contributed by atoms with Crippen LogP contribution in [0.2, 0.25) is 10.0 Å². The maximum atomic E-state index is 12.1. The first-order valence-electron chi connectivity index (χ1n) is 19.1. The summed E-state index contributed by atoms with van der Waals surface area (Å²) in [5, 5.41) is 13.8. The fraction of sp³-hybridized carbons (Fsp3) is 0.395. The average molecular weight is 801 g/mol. The standard InChI is InChI=1S/C43H47Cl2N5O6/c1-26(51)49-18-14-27(15-19-49)22-48-17-16-28-20-30(21-38(55-2)36(28)25-48)32-6-4-7-33(40(32)44)34-8-5-9-35(41(34)45)37-12-10-29(42(47-37)56-3)23-50(43(53)54)24-31-11-13-39(52)46-31/h4-10,12,20-21,27,31H,11,13-19,22-25H2,1-3H3,(H,46,52)(H,53,54)/t31-/m0/s1. The van der Waals surface area contributed by atoms with E-state index < -0.39 is 6.09 Å². The molecular formula is C43H47Cl2N5O6. The predicted molar refractivity (Wildman–Crippen MR) is 217 cm³/mol. The second-order valence-electron chi connectivity index (χ2n) is 14.9. The number of fused-ring (bicyclic) bond motifs is 1. The number of carboxylic acid groups (broad SMARTS) is 1. The zero-order chi connectivity index (χ0) is 39.5. The fourth-order valence-corrected chi connectivity index (χ4v) is 8.95. The quantitative estimate of drug-likeness (QED) is 0.158. The summed E-state index contributed by atoms with van der Waals surface area (Å²) in [5.74, 6) is 1.80. The van der Waals surface area contributed by atoms with Crippen molar-refractivity contribution in [2.75, 3.05) is 46.9 Å². The second kappa shape index (κ2) is 17.1. The van der Waals surface area contributed by atoms with Crippen LogP contribution >= 0.6 is 23.2 Å². The first kappa shape index (κ1) is 39.4. The van der Waals surface area contributed by atoms with E-state index in [2.05, 4.69) is 22.3 Å². The van der Waals surface area contributed by atoms with Crippen LogP contribution < -0.4 is 14.8 Å². The lowest BCUT2D eigenvalue weighted by Gasteiger charge is -2.36. The molecule has 4 aromatic rings. The number of pyridine rings is 1. The lowest BCUT2D eigenvalue weighted by atomic mass is 9.90. The largest absolute Gasteiger partial charge is 0.496 e. The molecule has 11 nitrogen and oxygen atoms in total. The van der Waals surface area contributed by atoms with Crippen molar-refractivity contribution in [3.63, 3.8) is 0 Å². The number of likely N-dealkylation sites (tertiary alicyclic amines) is 1. The number of benzene rings is 3. The van der Waals surface area contributed by atoms with E-state index in [4.69, 9.17) is 37.7 Å².